The minimum absolute atomic E-state index is 0.820. The molecule has 3 rings (SSSR count). The predicted molar refractivity (Wildman–Crippen MR) is 138 cm³/mol. The number of halogens is 2. The fourth-order valence-corrected chi connectivity index (χ4v) is 3.63. The first-order valence-electron chi connectivity index (χ1n) is 9.81. The van der Waals surface area contributed by atoms with Crippen LogP contribution in [0.1, 0.15) is 44.8 Å². The van der Waals surface area contributed by atoms with Gasteiger partial charge in [0.25, 0.3) is 0 Å². The van der Waals surface area contributed by atoms with Crippen LogP contribution in [-0.4, -0.2) is 17.4 Å². The van der Waals surface area contributed by atoms with Gasteiger partial charge in [0.05, 0.1) is 35.2 Å². The van der Waals surface area contributed by atoms with Gasteiger partial charge < -0.3 is 0 Å². The van der Waals surface area contributed by atoms with Crippen LogP contribution in [0.3, 0.4) is 0 Å². The zero-order chi connectivity index (χ0) is 23.0. The number of aromatic nitrogens is 1. The maximum absolute atomic E-state index is 4.68. The molecule has 0 radical (unpaired) electrons. The Morgan fingerprint density at radius 2 is 1.00 bits per heavy atom. The number of benzene rings is 2. The van der Waals surface area contributed by atoms with E-state index in [1.807, 2.05) is 30.6 Å². The van der Waals surface area contributed by atoms with Crippen molar-refractivity contribution in [3.8, 4) is 0 Å². The Labute approximate surface area is 206 Å². The molecule has 1 heterocycles. The van der Waals surface area contributed by atoms with E-state index in [2.05, 4.69) is 109 Å². The molecule has 2 aromatic carbocycles. The second-order valence-electron chi connectivity index (χ2n) is 7.55. The predicted octanol–water partition coefficient (Wildman–Crippen LogP) is 8.12. The number of pyridine rings is 1. The Morgan fingerprint density at radius 1 is 0.677 bits per heavy atom. The summed E-state index contributed by atoms with van der Waals surface area (Å²) in [5, 5.41) is 0. The molecule has 0 aliphatic heterocycles. The second kappa shape index (κ2) is 12.4. The first kappa shape index (κ1) is 25.7. The summed E-state index contributed by atoms with van der Waals surface area (Å²) in [7, 11) is 0. The molecule has 0 spiro atoms. The first-order valence-corrected chi connectivity index (χ1v) is 15.3. The fourth-order valence-electron chi connectivity index (χ4n) is 3.63. The average molecular weight is 585 g/mol. The van der Waals surface area contributed by atoms with Gasteiger partial charge in [-0.3, -0.25) is 9.98 Å². The molecule has 0 N–H and O–H groups in total. The molecule has 0 aliphatic carbocycles. The van der Waals surface area contributed by atoms with Crippen molar-refractivity contribution in [3.63, 3.8) is 0 Å². The van der Waals surface area contributed by atoms with Gasteiger partial charge in [-0.2, -0.15) is 0 Å². The van der Waals surface area contributed by atoms with Crippen LogP contribution in [0.2, 0.25) is 0 Å². The van der Waals surface area contributed by atoms with Crippen molar-refractivity contribution in [1.82, 2.24) is 4.98 Å². The summed E-state index contributed by atoms with van der Waals surface area (Å²) >= 11 is 7.00. The molecule has 0 amide bonds. The van der Waals surface area contributed by atoms with E-state index in [0.29, 0.717) is 0 Å². The van der Waals surface area contributed by atoms with E-state index in [9.17, 15) is 0 Å². The number of hydrogen-bond donors (Lipinski definition) is 0. The van der Waals surface area contributed by atoms with Crippen LogP contribution in [0.25, 0.3) is 0 Å². The van der Waals surface area contributed by atoms with Gasteiger partial charge in [-0.25, -0.2) is 4.98 Å². The minimum atomic E-state index is 0.820. The SMILES string of the molecule is Cc1cc(C)c(N=Cc2cccc(C=Nc3c(C)cc(C)cc3C)n2)c(C)c1.[Br][Fe][Br]. The van der Waals surface area contributed by atoms with Gasteiger partial charge in [0.2, 0.25) is 0 Å². The quantitative estimate of drug-likeness (QED) is 0.225. The van der Waals surface area contributed by atoms with Crippen LogP contribution in [0, 0.1) is 41.5 Å². The Bertz CT molecular complexity index is 979. The third-order valence-corrected chi connectivity index (χ3v) is 4.71. The second-order valence-corrected chi connectivity index (χ2v) is 13.1. The zero-order valence-corrected chi connectivity index (χ0v) is 22.9. The van der Waals surface area contributed by atoms with Gasteiger partial charge in [0.15, 0.2) is 0 Å². The molecule has 0 aliphatic rings. The monoisotopic (exact) mass is 583 g/mol. The zero-order valence-electron chi connectivity index (χ0n) is 18.6. The third kappa shape index (κ3) is 7.80. The van der Waals surface area contributed by atoms with Gasteiger partial charge in [-0.15, -0.1) is 0 Å². The van der Waals surface area contributed by atoms with Crippen molar-refractivity contribution in [3.05, 3.63) is 87.2 Å². The standard InChI is InChI=1S/C25H27N3.2BrH.Fe/c1-16-10-18(3)24(19(4)11-16)26-14-22-8-7-9-23(28-22)15-27-25-20(5)12-17(2)13-21(25)6;;;/h7-15H,1-6H3;2*1H;/q;;;+2/p-2. The number of aliphatic imine (C=N–C) groups is 2. The molecule has 0 bridgehead atoms. The summed E-state index contributed by atoms with van der Waals surface area (Å²) in [6.45, 7) is 12.6. The molecule has 3 aromatic rings. The van der Waals surface area contributed by atoms with Crippen LogP contribution < -0.4 is 0 Å². The molecule has 0 unspecified atom stereocenters. The molecule has 1 aromatic heterocycles. The molecule has 164 valence electrons. The topological polar surface area (TPSA) is 37.6 Å². The number of aryl methyl sites for hydroxylation is 6. The van der Waals surface area contributed by atoms with Crippen LogP contribution in [0.4, 0.5) is 11.4 Å². The summed E-state index contributed by atoms with van der Waals surface area (Å²) in [4.78, 5) is 14.0. The number of nitrogens with zero attached hydrogens (tertiary/aromatic N) is 3. The molecule has 0 atom stereocenters. The molecule has 0 saturated heterocycles. The van der Waals surface area contributed by atoms with Crippen LogP contribution in [0.15, 0.2) is 52.4 Å². The molecule has 31 heavy (non-hydrogen) atoms. The van der Waals surface area contributed by atoms with Gasteiger partial charge in [-0.1, -0.05) is 41.5 Å². The Kier molecular flexibility index (Phi) is 10.3. The summed E-state index contributed by atoms with van der Waals surface area (Å²) < 4.78 is 0. The van der Waals surface area contributed by atoms with E-state index in [1.165, 1.54) is 33.4 Å². The number of hydrogen-bond acceptors (Lipinski definition) is 3. The van der Waals surface area contributed by atoms with Crippen LogP contribution in [0.5, 0.6) is 0 Å². The Hall–Kier alpha value is -1.59. The summed E-state index contributed by atoms with van der Waals surface area (Å²) in [6.07, 6.45) is 3.65. The van der Waals surface area contributed by atoms with E-state index in [1.54, 1.807) is 0 Å². The maximum atomic E-state index is 4.68. The van der Waals surface area contributed by atoms with E-state index in [-0.39, 0.29) is 0 Å². The van der Waals surface area contributed by atoms with E-state index < -0.39 is 0 Å². The van der Waals surface area contributed by atoms with E-state index in [0.717, 1.165) is 34.1 Å². The fraction of sp³-hybridized carbons (Fsp3) is 0.240. The Morgan fingerprint density at radius 3 is 1.32 bits per heavy atom. The Balaban J connectivity index is 0.00000107. The average Bonchev–Trinajstić information content (AvgIpc) is 2.67. The van der Waals surface area contributed by atoms with E-state index in [4.69, 9.17) is 0 Å². The van der Waals surface area contributed by atoms with Crippen molar-refractivity contribution in [2.24, 2.45) is 9.98 Å². The summed E-state index contributed by atoms with van der Waals surface area (Å²) in [5.41, 5.74) is 10.9. The van der Waals surface area contributed by atoms with Crippen LogP contribution >= 0.6 is 28.2 Å². The van der Waals surface area contributed by atoms with Gasteiger partial charge in [0, 0.05) is 0 Å². The summed E-state index contributed by atoms with van der Waals surface area (Å²) in [6, 6.07) is 14.5. The molecule has 6 heteroatoms. The molecule has 0 saturated carbocycles. The van der Waals surface area contributed by atoms with Crippen molar-refractivity contribution >= 4 is 52.0 Å². The van der Waals surface area contributed by atoms with Crippen LogP contribution in [-0.2, 0) is 11.3 Å². The third-order valence-electron chi connectivity index (χ3n) is 4.71. The molecule has 3 nitrogen and oxygen atoms in total. The van der Waals surface area contributed by atoms with Crippen molar-refractivity contribution in [2.75, 3.05) is 0 Å². The molecular formula is C25H27Br2FeN3. The molecule has 0 fully saturated rings. The summed E-state index contributed by atoms with van der Waals surface area (Å²) in [5.74, 6) is 0. The first-order chi connectivity index (χ1) is 14.7. The van der Waals surface area contributed by atoms with E-state index >= 15 is 0 Å². The number of rotatable bonds is 4. The molecular weight excluding hydrogens is 558 g/mol. The van der Waals surface area contributed by atoms with Gasteiger partial charge in [0.1, 0.15) is 0 Å². The normalized spacial score (nSPS) is 11.2. The van der Waals surface area contributed by atoms with Gasteiger partial charge in [-0.05, 0) is 75.9 Å². The van der Waals surface area contributed by atoms with Gasteiger partial charge >= 0.3 is 39.6 Å². The van der Waals surface area contributed by atoms with Crippen molar-refractivity contribution in [1.29, 1.82) is 0 Å². The van der Waals surface area contributed by atoms with Crippen molar-refractivity contribution in [2.45, 2.75) is 41.5 Å². The van der Waals surface area contributed by atoms with Crippen molar-refractivity contribution < 1.29 is 11.3 Å².